The van der Waals surface area contributed by atoms with Crippen LogP contribution in [0.2, 0.25) is 0 Å². The molecule has 1 N–H and O–H groups in total. The molecule has 0 atom stereocenters. The molecule has 26 heavy (non-hydrogen) atoms. The average Bonchev–Trinajstić information content (AvgIpc) is 2.90. The van der Waals surface area contributed by atoms with Crippen LogP contribution < -0.4 is 5.32 Å². The first kappa shape index (κ1) is 17.9. The van der Waals surface area contributed by atoms with E-state index in [1.165, 1.54) is 16.7 Å². The normalized spacial score (nSPS) is 10.7. The minimum atomic E-state index is 0.0231. The Morgan fingerprint density at radius 1 is 0.962 bits per heavy atom. The van der Waals surface area contributed by atoms with Crippen molar-refractivity contribution in [1.82, 2.24) is 9.78 Å². The number of nitrogens with zero attached hydrogens (tertiary/aromatic N) is 2. The molecule has 0 saturated carbocycles. The van der Waals surface area contributed by atoms with E-state index in [4.69, 9.17) is 0 Å². The molecule has 0 saturated heterocycles. The van der Waals surface area contributed by atoms with Gasteiger partial charge in [-0.1, -0.05) is 60.2 Å². The quantitative estimate of drug-likeness (QED) is 0.717. The number of benzene rings is 2. The topological polar surface area (TPSA) is 46.9 Å². The number of anilines is 1. The average molecular weight is 347 g/mol. The van der Waals surface area contributed by atoms with Crippen LogP contribution in [0.15, 0.2) is 54.6 Å². The van der Waals surface area contributed by atoms with E-state index in [2.05, 4.69) is 41.6 Å². The minimum Gasteiger partial charge on any atom is -0.323 e. The number of rotatable bonds is 6. The van der Waals surface area contributed by atoms with Gasteiger partial charge in [0.25, 0.3) is 0 Å². The smallest absolute Gasteiger partial charge is 0.224 e. The maximum Gasteiger partial charge on any atom is 0.224 e. The Hall–Kier alpha value is -2.88. The van der Waals surface area contributed by atoms with Crippen molar-refractivity contribution >= 4 is 11.6 Å². The molecule has 0 aliphatic rings. The van der Waals surface area contributed by atoms with Crippen LogP contribution in [0.3, 0.4) is 0 Å². The molecule has 1 aromatic heterocycles. The van der Waals surface area contributed by atoms with E-state index < -0.39 is 0 Å². The molecule has 3 aromatic rings. The molecule has 0 aliphatic heterocycles. The Kier molecular flexibility index (Phi) is 5.52. The highest BCUT2D eigenvalue weighted by molar-refractivity contribution is 5.92. The van der Waals surface area contributed by atoms with Gasteiger partial charge < -0.3 is 5.32 Å². The molecule has 0 unspecified atom stereocenters. The number of aromatic nitrogens is 2. The third kappa shape index (κ3) is 4.39. The second-order valence-corrected chi connectivity index (χ2v) is 6.72. The van der Waals surface area contributed by atoms with Gasteiger partial charge in [-0.15, -0.1) is 0 Å². The molecule has 4 heteroatoms. The second kappa shape index (κ2) is 8.00. The largest absolute Gasteiger partial charge is 0.323 e. The maximum absolute atomic E-state index is 12.3. The maximum atomic E-state index is 12.3. The number of hydrogen-bond donors (Lipinski definition) is 1. The first-order valence-corrected chi connectivity index (χ1v) is 8.96. The molecule has 0 aliphatic carbocycles. The molecule has 0 bridgehead atoms. The standard InChI is InChI=1S/C22H25N3O/c1-16-9-11-20(12-10-16)15-25-18(3)22(17(2)24-25)23-21(26)14-13-19-7-5-4-6-8-19/h4-12H,13-15H2,1-3H3,(H,23,26). The summed E-state index contributed by atoms with van der Waals surface area (Å²) in [5.74, 6) is 0.0231. The number of hydrogen-bond acceptors (Lipinski definition) is 2. The third-order valence-corrected chi connectivity index (χ3v) is 4.58. The monoisotopic (exact) mass is 347 g/mol. The molecule has 3 rings (SSSR count). The van der Waals surface area contributed by atoms with E-state index in [0.29, 0.717) is 13.0 Å². The van der Waals surface area contributed by atoms with Gasteiger partial charge in [0.15, 0.2) is 0 Å². The molecule has 134 valence electrons. The number of aryl methyl sites for hydroxylation is 3. The van der Waals surface area contributed by atoms with E-state index in [0.717, 1.165) is 23.5 Å². The van der Waals surface area contributed by atoms with Crippen molar-refractivity contribution in [2.75, 3.05) is 5.32 Å². The summed E-state index contributed by atoms with van der Waals surface area (Å²) in [5, 5.41) is 7.64. The van der Waals surface area contributed by atoms with Crippen molar-refractivity contribution < 1.29 is 4.79 Å². The number of carbonyl (C=O) groups excluding carboxylic acids is 1. The van der Waals surface area contributed by atoms with Crippen molar-refractivity contribution in [2.24, 2.45) is 0 Å². The van der Waals surface area contributed by atoms with Gasteiger partial charge in [0.05, 0.1) is 23.6 Å². The summed E-state index contributed by atoms with van der Waals surface area (Å²) in [5.41, 5.74) is 6.27. The second-order valence-electron chi connectivity index (χ2n) is 6.72. The lowest BCUT2D eigenvalue weighted by Gasteiger charge is -2.08. The summed E-state index contributed by atoms with van der Waals surface area (Å²) in [6.07, 6.45) is 1.20. The van der Waals surface area contributed by atoms with E-state index >= 15 is 0 Å². The number of nitrogens with one attached hydrogen (secondary N) is 1. The predicted molar refractivity (Wildman–Crippen MR) is 105 cm³/mol. The van der Waals surface area contributed by atoms with Crippen LogP contribution in [-0.2, 0) is 17.8 Å². The van der Waals surface area contributed by atoms with Gasteiger partial charge in [-0.2, -0.15) is 5.10 Å². The van der Waals surface area contributed by atoms with Gasteiger partial charge in [-0.05, 0) is 38.3 Å². The summed E-state index contributed by atoms with van der Waals surface area (Å²) in [6, 6.07) is 18.5. The fourth-order valence-corrected chi connectivity index (χ4v) is 3.00. The number of amides is 1. The lowest BCUT2D eigenvalue weighted by atomic mass is 10.1. The highest BCUT2D eigenvalue weighted by atomic mass is 16.1. The van der Waals surface area contributed by atoms with Crippen molar-refractivity contribution in [3.63, 3.8) is 0 Å². The van der Waals surface area contributed by atoms with Crippen LogP contribution in [0, 0.1) is 20.8 Å². The molecule has 0 fully saturated rings. The van der Waals surface area contributed by atoms with Gasteiger partial charge >= 0.3 is 0 Å². The summed E-state index contributed by atoms with van der Waals surface area (Å²) in [4.78, 5) is 12.3. The predicted octanol–water partition coefficient (Wildman–Crippen LogP) is 4.43. The molecule has 0 radical (unpaired) electrons. The first-order chi connectivity index (χ1) is 12.5. The Morgan fingerprint density at radius 2 is 1.65 bits per heavy atom. The Balaban J connectivity index is 1.65. The van der Waals surface area contributed by atoms with Crippen LogP contribution in [0.1, 0.15) is 34.5 Å². The van der Waals surface area contributed by atoms with Gasteiger partial charge in [0.2, 0.25) is 5.91 Å². The van der Waals surface area contributed by atoms with Crippen LogP contribution in [0.25, 0.3) is 0 Å². The zero-order valence-corrected chi connectivity index (χ0v) is 15.6. The Bertz CT molecular complexity index is 880. The summed E-state index contributed by atoms with van der Waals surface area (Å²) < 4.78 is 1.95. The Morgan fingerprint density at radius 3 is 2.35 bits per heavy atom. The minimum absolute atomic E-state index is 0.0231. The van der Waals surface area contributed by atoms with Crippen molar-refractivity contribution in [1.29, 1.82) is 0 Å². The molecular formula is C22H25N3O. The highest BCUT2D eigenvalue weighted by Crippen LogP contribution is 2.21. The zero-order chi connectivity index (χ0) is 18.5. The first-order valence-electron chi connectivity index (χ1n) is 8.96. The lowest BCUT2D eigenvalue weighted by molar-refractivity contribution is -0.116. The van der Waals surface area contributed by atoms with Crippen molar-refractivity contribution in [3.8, 4) is 0 Å². The molecular weight excluding hydrogens is 322 g/mol. The molecule has 1 amide bonds. The van der Waals surface area contributed by atoms with Gasteiger partial charge in [-0.25, -0.2) is 0 Å². The van der Waals surface area contributed by atoms with Gasteiger partial charge in [-0.3, -0.25) is 9.48 Å². The van der Waals surface area contributed by atoms with Crippen molar-refractivity contribution in [2.45, 2.75) is 40.2 Å². The van der Waals surface area contributed by atoms with Crippen LogP contribution in [-0.4, -0.2) is 15.7 Å². The molecule has 0 spiro atoms. The van der Waals surface area contributed by atoms with E-state index in [9.17, 15) is 4.79 Å². The molecule has 1 heterocycles. The highest BCUT2D eigenvalue weighted by Gasteiger charge is 2.14. The van der Waals surface area contributed by atoms with E-state index in [1.54, 1.807) is 0 Å². The SMILES string of the molecule is Cc1ccc(Cn2nc(C)c(NC(=O)CCc3ccccc3)c2C)cc1. The summed E-state index contributed by atoms with van der Waals surface area (Å²) >= 11 is 0. The fraction of sp³-hybridized carbons (Fsp3) is 0.273. The van der Waals surface area contributed by atoms with Crippen LogP contribution >= 0.6 is 0 Å². The van der Waals surface area contributed by atoms with Crippen LogP contribution in [0.4, 0.5) is 5.69 Å². The van der Waals surface area contributed by atoms with Crippen molar-refractivity contribution in [3.05, 3.63) is 82.7 Å². The molecule has 4 nitrogen and oxygen atoms in total. The lowest BCUT2D eigenvalue weighted by Crippen LogP contribution is -2.13. The third-order valence-electron chi connectivity index (χ3n) is 4.58. The van der Waals surface area contributed by atoms with Gasteiger partial charge in [0.1, 0.15) is 0 Å². The fourth-order valence-electron chi connectivity index (χ4n) is 3.00. The van der Waals surface area contributed by atoms with Crippen LogP contribution in [0.5, 0.6) is 0 Å². The van der Waals surface area contributed by atoms with Gasteiger partial charge in [0, 0.05) is 6.42 Å². The zero-order valence-electron chi connectivity index (χ0n) is 15.6. The Labute approximate surface area is 154 Å². The van der Waals surface area contributed by atoms with E-state index in [-0.39, 0.29) is 5.91 Å². The number of carbonyl (C=O) groups is 1. The summed E-state index contributed by atoms with van der Waals surface area (Å²) in [7, 11) is 0. The van der Waals surface area contributed by atoms with E-state index in [1.807, 2.05) is 48.9 Å². The summed E-state index contributed by atoms with van der Waals surface area (Å²) in [6.45, 7) is 6.72. The molecule has 2 aromatic carbocycles.